The van der Waals surface area contributed by atoms with Crippen molar-refractivity contribution in [3.05, 3.63) is 47.4 Å². The second kappa shape index (κ2) is 6.21. The van der Waals surface area contributed by atoms with Gasteiger partial charge in [-0.25, -0.2) is 9.97 Å². The first-order valence-electron chi connectivity index (χ1n) is 5.62. The molecular weight excluding hydrogens is 250 g/mol. The van der Waals surface area contributed by atoms with Gasteiger partial charge in [0.25, 0.3) is 0 Å². The molecule has 4 nitrogen and oxygen atoms in total. The second-order valence-corrected chi connectivity index (χ2v) is 4.12. The molecule has 0 atom stereocenters. The minimum atomic E-state index is 0.525. The number of hydrogen-bond acceptors (Lipinski definition) is 4. The lowest BCUT2D eigenvalue weighted by molar-refractivity contribution is 0.410. The molecule has 0 amide bonds. The van der Waals surface area contributed by atoms with Crippen LogP contribution in [0.25, 0.3) is 0 Å². The molecule has 1 N–H and O–H groups in total. The van der Waals surface area contributed by atoms with Crippen LogP contribution in [0.5, 0.6) is 5.75 Å². The van der Waals surface area contributed by atoms with Gasteiger partial charge >= 0.3 is 0 Å². The first-order valence-corrected chi connectivity index (χ1v) is 6.00. The van der Waals surface area contributed by atoms with E-state index < -0.39 is 0 Å². The number of nitrogens with zero attached hydrogens (tertiary/aromatic N) is 2. The normalized spacial score (nSPS) is 10.1. The van der Waals surface area contributed by atoms with Gasteiger partial charge in [0.15, 0.2) is 0 Å². The Balaban J connectivity index is 1.95. The number of halogens is 1. The Morgan fingerprint density at radius 3 is 2.94 bits per heavy atom. The Morgan fingerprint density at radius 1 is 1.33 bits per heavy atom. The van der Waals surface area contributed by atoms with Gasteiger partial charge in [-0.2, -0.15) is 0 Å². The van der Waals surface area contributed by atoms with E-state index in [4.69, 9.17) is 16.3 Å². The molecule has 94 valence electrons. The van der Waals surface area contributed by atoms with Crippen molar-refractivity contribution in [2.75, 3.05) is 19.0 Å². The Labute approximate surface area is 111 Å². The molecule has 0 aliphatic heterocycles. The molecule has 2 aromatic rings. The maximum Gasteiger partial charge on any atom is 0.148 e. The summed E-state index contributed by atoms with van der Waals surface area (Å²) in [5, 5.41) is 3.70. The number of benzene rings is 1. The zero-order valence-corrected chi connectivity index (χ0v) is 10.8. The van der Waals surface area contributed by atoms with Gasteiger partial charge in [0, 0.05) is 6.54 Å². The average molecular weight is 264 g/mol. The smallest absolute Gasteiger partial charge is 0.148 e. The van der Waals surface area contributed by atoms with Crippen molar-refractivity contribution < 1.29 is 4.74 Å². The third-order valence-corrected chi connectivity index (χ3v) is 2.82. The third-order valence-electron chi connectivity index (χ3n) is 2.55. The molecule has 1 heterocycles. The Hall–Kier alpha value is -1.81. The van der Waals surface area contributed by atoms with Crippen LogP contribution in [0.4, 0.5) is 5.82 Å². The largest absolute Gasteiger partial charge is 0.496 e. The van der Waals surface area contributed by atoms with E-state index in [0.29, 0.717) is 10.8 Å². The molecule has 0 unspecified atom stereocenters. The Kier molecular flexibility index (Phi) is 4.36. The van der Waals surface area contributed by atoms with Crippen molar-refractivity contribution in [3.8, 4) is 5.75 Å². The summed E-state index contributed by atoms with van der Waals surface area (Å²) in [6.07, 6.45) is 3.88. The molecular formula is C13H14ClN3O. The molecule has 0 radical (unpaired) electrons. The molecule has 0 aliphatic rings. The molecule has 0 fully saturated rings. The van der Waals surface area contributed by atoms with E-state index in [1.807, 2.05) is 24.3 Å². The Bertz CT molecular complexity index is 519. The van der Waals surface area contributed by atoms with Crippen LogP contribution < -0.4 is 10.1 Å². The summed E-state index contributed by atoms with van der Waals surface area (Å²) in [6.45, 7) is 0.733. The van der Waals surface area contributed by atoms with E-state index in [1.54, 1.807) is 13.3 Å². The highest BCUT2D eigenvalue weighted by Gasteiger charge is 2.03. The van der Waals surface area contributed by atoms with Crippen LogP contribution >= 0.6 is 11.6 Å². The molecule has 0 saturated heterocycles. The predicted molar refractivity (Wildman–Crippen MR) is 72.2 cm³/mol. The number of rotatable bonds is 5. The van der Waals surface area contributed by atoms with Crippen molar-refractivity contribution in [3.63, 3.8) is 0 Å². The fourth-order valence-electron chi connectivity index (χ4n) is 1.67. The summed E-state index contributed by atoms with van der Waals surface area (Å²) < 4.78 is 5.29. The standard InChI is InChI=1S/C13H14ClN3O/c1-18-12-5-3-2-4-10(12)6-7-16-13-11(14)8-15-9-17-13/h2-5,8-9H,6-7H2,1H3,(H,15,16,17). The van der Waals surface area contributed by atoms with Crippen LogP contribution in [-0.4, -0.2) is 23.6 Å². The molecule has 18 heavy (non-hydrogen) atoms. The fraction of sp³-hybridized carbons (Fsp3) is 0.231. The van der Waals surface area contributed by atoms with E-state index in [0.717, 1.165) is 24.3 Å². The fourth-order valence-corrected chi connectivity index (χ4v) is 1.84. The summed E-state index contributed by atoms with van der Waals surface area (Å²) in [5.41, 5.74) is 1.15. The molecule has 1 aromatic heterocycles. The quantitative estimate of drug-likeness (QED) is 0.901. The van der Waals surface area contributed by atoms with Crippen LogP contribution in [0, 0.1) is 0 Å². The van der Waals surface area contributed by atoms with Gasteiger partial charge in [0.05, 0.1) is 13.3 Å². The first kappa shape index (κ1) is 12.6. The van der Waals surface area contributed by atoms with Gasteiger partial charge in [-0.15, -0.1) is 0 Å². The minimum absolute atomic E-state index is 0.525. The van der Waals surface area contributed by atoms with E-state index in [9.17, 15) is 0 Å². The SMILES string of the molecule is COc1ccccc1CCNc1ncncc1Cl. The number of anilines is 1. The predicted octanol–water partition coefficient (Wildman–Crippen LogP) is 2.79. The molecule has 1 aromatic carbocycles. The van der Waals surface area contributed by atoms with E-state index >= 15 is 0 Å². The molecule has 0 spiro atoms. The van der Waals surface area contributed by atoms with Crippen molar-refractivity contribution >= 4 is 17.4 Å². The highest BCUT2D eigenvalue weighted by Crippen LogP contribution is 2.19. The number of aromatic nitrogens is 2. The highest BCUT2D eigenvalue weighted by molar-refractivity contribution is 6.32. The topological polar surface area (TPSA) is 47.0 Å². The summed E-state index contributed by atoms with van der Waals surface area (Å²) in [5.74, 6) is 1.55. The van der Waals surface area contributed by atoms with Gasteiger partial charge in [0.1, 0.15) is 22.9 Å². The first-order chi connectivity index (χ1) is 8.81. The van der Waals surface area contributed by atoms with Crippen LogP contribution in [0.1, 0.15) is 5.56 Å². The van der Waals surface area contributed by atoms with Gasteiger partial charge in [-0.1, -0.05) is 29.8 Å². The van der Waals surface area contributed by atoms with E-state index in [1.165, 1.54) is 6.33 Å². The monoisotopic (exact) mass is 263 g/mol. The zero-order valence-electron chi connectivity index (χ0n) is 10.1. The molecule has 2 rings (SSSR count). The van der Waals surface area contributed by atoms with Crippen LogP contribution in [-0.2, 0) is 6.42 Å². The molecule has 5 heteroatoms. The van der Waals surface area contributed by atoms with Gasteiger partial charge in [0.2, 0.25) is 0 Å². The van der Waals surface area contributed by atoms with E-state index in [2.05, 4.69) is 15.3 Å². The third kappa shape index (κ3) is 3.11. The number of nitrogens with one attached hydrogen (secondary N) is 1. The molecule has 0 saturated carbocycles. The van der Waals surface area contributed by atoms with Gasteiger partial charge in [-0.3, -0.25) is 0 Å². The lowest BCUT2D eigenvalue weighted by Crippen LogP contribution is -2.07. The van der Waals surface area contributed by atoms with Crippen molar-refractivity contribution in [2.24, 2.45) is 0 Å². The lowest BCUT2D eigenvalue weighted by atomic mass is 10.1. The summed E-state index contributed by atoms with van der Waals surface area (Å²) in [4.78, 5) is 7.90. The van der Waals surface area contributed by atoms with Crippen LogP contribution in [0.3, 0.4) is 0 Å². The zero-order chi connectivity index (χ0) is 12.8. The summed E-state index contributed by atoms with van der Waals surface area (Å²) >= 11 is 5.95. The van der Waals surface area contributed by atoms with Crippen LogP contribution in [0.15, 0.2) is 36.8 Å². The number of hydrogen-bond donors (Lipinski definition) is 1. The van der Waals surface area contributed by atoms with Crippen molar-refractivity contribution in [1.29, 1.82) is 0 Å². The lowest BCUT2D eigenvalue weighted by Gasteiger charge is -2.09. The number of methoxy groups -OCH3 is 1. The average Bonchev–Trinajstić information content (AvgIpc) is 2.41. The highest BCUT2D eigenvalue weighted by atomic mass is 35.5. The van der Waals surface area contributed by atoms with Crippen molar-refractivity contribution in [1.82, 2.24) is 9.97 Å². The van der Waals surface area contributed by atoms with Gasteiger partial charge < -0.3 is 10.1 Å². The minimum Gasteiger partial charge on any atom is -0.496 e. The number of para-hydroxylation sites is 1. The second-order valence-electron chi connectivity index (χ2n) is 3.71. The molecule has 0 aliphatic carbocycles. The maximum atomic E-state index is 5.95. The summed E-state index contributed by atoms with van der Waals surface area (Å²) in [6, 6.07) is 7.95. The number of ether oxygens (including phenoxy) is 1. The summed E-state index contributed by atoms with van der Waals surface area (Å²) in [7, 11) is 1.67. The Morgan fingerprint density at radius 2 is 2.17 bits per heavy atom. The maximum absolute atomic E-state index is 5.95. The molecule has 0 bridgehead atoms. The van der Waals surface area contributed by atoms with Crippen LogP contribution in [0.2, 0.25) is 5.02 Å². The van der Waals surface area contributed by atoms with E-state index in [-0.39, 0.29) is 0 Å². The van der Waals surface area contributed by atoms with Gasteiger partial charge in [-0.05, 0) is 18.1 Å². The van der Waals surface area contributed by atoms with Crippen molar-refractivity contribution in [2.45, 2.75) is 6.42 Å².